The third-order valence-corrected chi connectivity index (χ3v) is 2.93. The maximum absolute atomic E-state index is 6.04. The van der Waals surface area contributed by atoms with Crippen molar-refractivity contribution in [1.29, 1.82) is 0 Å². The zero-order valence-electron chi connectivity index (χ0n) is 10.3. The largest absolute Gasteiger partial charge is 0.385 e. The molecule has 0 aliphatic rings. The third-order valence-electron chi connectivity index (χ3n) is 2.70. The van der Waals surface area contributed by atoms with E-state index in [1.165, 1.54) is 0 Å². The molecule has 90 valence electrons. The summed E-state index contributed by atoms with van der Waals surface area (Å²) < 4.78 is 0. The number of aromatic nitrogens is 1. The molecule has 0 spiro atoms. The van der Waals surface area contributed by atoms with Crippen LogP contribution in [0, 0.1) is 0 Å². The Morgan fingerprint density at radius 2 is 2.06 bits per heavy atom. The number of aryl methyl sites for hydroxylation is 1. The number of hydrogen-bond acceptors (Lipinski definition) is 2. The Balaban J connectivity index is 2.58. The zero-order chi connectivity index (χ0) is 12.3. The van der Waals surface area contributed by atoms with Gasteiger partial charge >= 0.3 is 0 Å². The summed E-state index contributed by atoms with van der Waals surface area (Å²) in [6.45, 7) is 5.16. The van der Waals surface area contributed by atoms with E-state index in [1.54, 1.807) is 0 Å². The van der Waals surface area contributed by atoms with Gasteiger partial charge in [-0.2, -0.15) is 0 Å². The van der Waals surface area contributed by atoms with Crippen molar-refractivity contribution in [3.05, 3.63) is 35.0 Å². The van der Waals surface area contributed by atoms with Crippen LogP contribution in [0.15, 0.2) is 24.3 Å². The van der Waals surface area contributed by atoms with Crippen molar-refractivity contribution in [2.45, 2.75) is 26.7 Å². The fourth-order valence-electron chi connectivity index (χ4n) is 1.97. The Morgan fingerprint density at radius 1 is 1.24 bits per heavy atom. The first kappa shape index (κ1) is 12.2. The van der Waals surface area contributed by atoms with Crippen LogP contribution in [0.1, 0.15) is 26.0 Å². The highest BCUT2D eigenvalue weighted by Gasteiger charge is 2.05. The molecule has 1 N–H and O–H groups in total. The molecule has 17 heavy (non-hydrogen) atoms. The van der Waals surface area contributed by atoms with E-state index in [-0.39, 0.29) is 0 Å². The Bertz CT molecular complexity index is 523. The van der Waals surface area contributed by atoms with Crippen molar-refractivity contribution in [3.8, 4) is 0 Å². The maximum atomic E-state index is 6.04. The minimum Gasteiger partial charge on any atom is -0.385 e. The number of halogens is 1. The van der Waals surface area contributed by atoms with E-state index in [0.717, 1.165) is 46.7 Å². The highest BCUT2D eigenvalue weighted by atomic mass is 35.5. The van der Waals surface area contributed by atoms with Crippen molar-refractivity contribution in [1.82, 2.24) is 4.98 Å². The van der Waals surface area contributed by atoms with Crippen LogP contribution in [-0.2, 0) is 6.42 Å². The predicted molar refractivity (Wildman–Crippen MR) is 74.9 cm³/mol. The van der Waals surface area contributed by atoms with Gasteiger partial charge in [0.2, 0.25) is 0 Å². The van der Waals surface area contributed by atoms with Gasteiger partial charge in [0.05, 0.1) is 5.52 Å². The van der Waals surface area contributed by atoms with Crippen LogP contribution in [0.5, 0.6) is 0 Å². The summed E-state index contributed by atoms with van der Waals surface area (Å²) in [4.78, 5) is 4.65. The molecule has 0 aliphatic carbocycles. The molecular weight excluding hydrogens is 232 g/mol. The number of rotatable bonds is 4. The zero-order valence-corrected chi connectivity index (χ0v) is 11.0. The predicted octanol–water partition coefficient (Wildman–Crippen LogP) is 4.27. The first-order valence-corrected chi connectivity index (χ1v) is 6.45. The average molecular weight is 249 g/mol. The Labute approximate surface area is 107 Å². The lowest BCUT2D eigenvalue weighted by Crippen LogP contribution is -2.00. The summed E-state index contributed by atoms with van der Waals surface area (Å²) in [5.41, 5.74) is 3.28. The molecule has 3 heteroatoms. The Morgan fingerprint density at radius 3 is 2.76 bits per heavy atom. The SMILES string of the molecule is CCCc1cc(NCC)c2cc(Cl)ccc2n1. The van der Waals surface area contributed by atoms with E-state index >= 15 is 0 Å². The molecule has 2 rings (SSSR count). The molecule has 1 heterocycles. The molecule has 1 aromatic carbocycles. The molecule has 2 nitrogen and oxygen atoms in total. The van der Waals surface area contributed by atoms with Crippen molar-refractivity contribution in [2.75, 3.05) is 11.9 Å². The smallest absolute Gasteiger partial charge is 0.0727 e. The van der Waals surface area contributed by atoms with Gasteiger partial charge in [0.1, 0.15) is 0 Å². The second-order valence-corrected chi connectivity index (χ2v) is 4.54. The average Bonchev–Trinajstić information content (AvgIpc) is 2.31. The molecule has 0 bridgehead atoms. The molecule has 2 aromatic rings. The summed E-state index contributed by atoms with van der Waals surface area (Å²) in [5, 5.41) is 5.23. The van der Waals surface area contributed by atoms with Gasteiger partial charge in [-0.15, -0.1) is 0 Å². The van der Waals surface area contributed by atoms with Crippen LogP contribution < -0.4 is 5.32 Å². The van der Waals surface area contributed by atoms with Gasteiger partial charge in [0.15, 0.2) is 0 Å². The summed E-state index contributed by atoms with van der Waals surface area (Å²) in [6, 6.07) is 7.98. The molecule has 0 unspecified atom stereocenters. The van der Waals surface area contributed by atoms with E-state index in [1.807, 2.05) is 18.2 Å². The number of pyridine rings is 1. The molecule has 0 radical (unpaired) electrons. The number of anilines is 1. The van der Waals surface area contributed by atoms with Crippen LogP contribution in [0.2, 0.25) is 5.02 Å². The number of fused-ring (bicyclic) bond motifs is 1. The van der Waals surface area contributed by atoms with Crippen LogP contribution in [0.3, 0.4) is 0 Å². The van der Waals surface area contributed by atoms with Gasteiger partial charge in [0, 0.05) is 28.3 Å². The molecule has 0 amide bonds. The topological polar surface area (TPSA) is 24.9 Å². The van der Waals surface area contributed by atoms with Crippen LogP contribution in [0.25, 0.3) is 10.9 Å². The highest BCUT2D eigenvalue weighted by Crippen LogP contribution is 2.26. The lowest BCUT2D eigenvalue weighted by Gasteiger charge is -2.10. The van der Waals surface area contributed by atoms with E-state index in [2.05, 4.69) is 30.2 Å². The number of hydrogen-bond donors (Lipinski definition) is 1. The fourth-order valence-corrected chi connectivity index (χ4v) is 2.15. The summed E-state index contributed by atoms with van der Waals surface area (Å²) in [5.74, 6) is 0. The monoisotopic (exact) mass is 248 g/mol. The number of benzene rings is 1. The van der Waals surface area contributed by atoms with Crippen LogP contribution in [-0.4, -0.2) is 11.5 Å². The highest BCUT2D eigenvalue weighted by molar-refractivity contribution is 6.31. The quantitative estimate of drug-likeness (QED) is 0.874. The van der Waals surface area contributed by atoms with Gasteiger partial charge in [-0.1, -0.05) is 24.9 Å². The lowest BCUT2D eigenvalue weighted by atomic mass is 10.1. The minimum atomic E-state index is 0.752. The van der Waals surface area contributed by atoms with E-state index in [4.69, 9.17) is 11.6 Å². The van der Waals surface area contributed by atoms with E-state index in [9.17, 15) is 0 Å². The minimum absolute atomic E-state index is 0.752. The Hall–Kier alpha value is -1.28. The molecule has 0 saturated heterocycles. The summed E-state index contributed by atoms with van der Waals surface area (Å²) in [7, 11) is 0. The molecule has 0 saturated carbocycles. The third kappa shape index (κ3) is 2.70. The standard InChI is InChI=1S/C14H17ClN2/c1-3-5-11-9-14(16-4-2)12-8-10(15)6-7-13(12)17-11/h6-9H,3-5H2,1-2H3,(H,16,17). The van der Waals surface area contributed by atoms with Crippen molar-refractivity contribution >= 4 is 28.2 Å². The molecular formula is C14H17ClN2. The first-order valence-electron chi connectivity index (χ1n) is 6.07. The van der Waals surface area contributed by atoms with Gasteiger partial charge in [-0.25, -0.2) is 0 Å². The summed E-state index contributed by atoms with van der Waals surface area (Å²) in [6.07, 6.45) is 2.12. The number of nitrogens with zero attached hydrogens (tertiary/aromatic N) is 1. The van der Waals surface area contributed by atoms with Crippen molar-refractivity contribution < 1.29 is 0 Å². The van der Waals surface area contributed by atoms with Gasteiger partial charge in [-0.05, 0) is 37.6 Å². The molecule has 0 fully saturated rings. The van der Waals surface area contributed by atoms with E-state index < -0.39 is 0 Å². The maximum Gasteiger partial charge on any atom is 0.0727 e. The first-order chi connectivity index (χ1) is 8.24. The fraction of sp³-hybridized carbons (Fsp3) is 0.357. The molecule has 0 atom stereocenters. The van der Waals surface area contributed by atoms with Crippen molar-refractivity contribution in [2.24, 2.45) is 0 Å². The second-order valence-electron chi connectivity index (χ2n) is 4.10. The normalized spacial score (nSPS) is 10.8. The van der Waals surface area contributed by atoms with Gasteiger partial charge < -0.3 is 5.32 Å². The van der Waals surface area contributed by atoms with Crippen LogP contribution in [0.4, 0.5) is 5.69 Å². The lowest BCUT2D eigenvalue weighted by molar-refractivity contribution is 0.890. The second kappa shape index (κ2) is 5.37. The molecule has 0 aliphatic heterocycles. The van der Waals surface area contributed by atoms with Crippen molar-refractivity contribution in [3.63, 3.8) is 0 Å². The van der Waals surface area contributed by atoms with Gasteiger partial charge in [0.25, 0.3) is 0 Å². The van der Waals surface area contributed by atoms with E-state index in [0.29, 0.717) is 0 Å². The summed E-state index contributed by atoms with van der Waals surface area (Å²) >= 11 is 6.04. The van der Waals surface area contributed by atoms with Crippen LogP contribution >= 0.6 is 11.6 Å². The number of nitrogens with one attached hydrogen (secondary N) is 1. The molecule has 1 aromatic heterocycles. The Kier molecular flexibility index (Phi) is 3.85. The van der Waals surface area contributed by atoms with Gasteiger partial charge in [-0.3, -0.25) is 4.98 Å².